The number of methoxy groups -OCH3 is 4. The molecule has 0 aromatic heterocycles. The van der Waals surface area contributed by atoms with Crippen LogP contribution < -0.4 is 24.3 Å². The Morgan fingerprint density at radius 2 is 1.63 bits per heavy atom. The molecule has 1 unspecified atom stereocenters. The second kappa shape index (κ2) is 8.97. The number of hydrogen-bond acceptors (Lipinski definition) is 6. The van der Waals surface area contributed by atoms with Crippen LogP contribution in [-0.4, -0.2) is 53.0 Å². The first-order chi connectivity index (χ1) is 13.2. The Morgan fingerprint density at radius 1 is 0.889 bits per heavy atom. The summed E-state index contributed by atoms with van der Waals surface area (Å²) in [5.74, 6) is 2.92. The first kappa shape index (κ1) is 19.3. The molecule has 1 N–H and O–H groups in total. The molecule has 6 heteroatoms. The van der Waals surface area contributed by atoms with Crippen LogP contribution >= 0.6 is 0 Å². The maximum absolute atomic E-state index is 5.67. The van der Waals surface area contributed by atoms with Crippen LogP contribution in [0.3, 0.4) is 0 Å². The molecule has 1 atom stereocenters. The fraction of sp³-hybridized carbons (Fsp3) is 0.429. The number of benzene rings is 2. The molecule has 2 aromatic rings. The fourth-order valence-corrected chi connectivity index (χ4v) is 3.69. The lowest BCUT2D eigenvalue weighted by molar-refractivity contribution is 0.149. The van der Waals surface area contributed by atoms with E-state index in [-0.39, 0.29) is 6.04 Å². The van der Waals surface area contributed by atoms with Crippen LogP contribution in [0.15, 0.2) is 36.4 Å². The zero-order valence-corrected chi connectivity index (χ0v) is 16.5. The number of rotatable bonds is 7. The SMILES string of the molecule is COc1ccccc1C1CNCCN1Cc1ccc(OC)c(OC)c1OC. The third kappa shape index (κ3) is 3.96. The van der Waals surface area contributed by atoms with Crippen molar-refractivity contribution >= 4 is 0 Å². The van der Waals surface area contributed by atoms with Gasteiger partial charge in [0, 0.05) is 37.3 Å². The molecule has 27 heavy (non-hydrogen) atoms. The summed E-state index contributed by atoms with van der Waals surface area (Å²) < 4.78 is 22.2. The molecule has 0 saturated carbocycles. The predicted molar refractivity (Wildman–Crippen MR) is 105 cm³/mol. The van der Waals surface area contributed by atoms with E-state index in [1.54, 1.807) is 28.4 Å². The average molecular weight is 372 g/mol. The van der Waals surface area contributed by atoms with Gasteiger partial charge in [0.15, 0.2) is 11.5 Å². The molecule has 146 valence electrons. The Labute approximate surface area is 161 Å². The zero-order chi connectivity index (χ0) is 19.2. The lowest BCUT2D eigenvalue weighted by Gasteiger charge is -2.37. The van der Waals surface area contributed by atoms with Gasteiger partial charge in [-0.1, -0.05) is 24.3 Å². The van der Waals surface area contributed by atoms with E-state index in [0.29, 0.717) is 17.2 Å². The summed E-state index contributed by atoms with van der Waals surface area (Å²) in [4.78, 5) is 2.44. The molecule has 2 aromatic carbocycles. The van der Waals surface area contributed by atoms with Crippen LogP contribution in [0, 0.1) is 0 Å². The van der Waals surface area contributed by atoms with Crippen LogP contribution in [0.25, 0.3) is 0 Å². The van der Waals surface area contributed by atoms with Crippen molar-refractivity contribution in [2.24, 2.45) is 0 Å². The smallest absolute Gasteiger partial charge is 0.203 e. The van der Waals surface area contributed by atoms with Crippen molar-refractivity contribution in [3.05, 3.63) is 47.5 Å². The van der Waals surface area contributed by atoms with Crippen molar-refractivity contribution in [3.8, 4) is 23.0 Å². The minimum atomic E-state index is 0.215. The van der Waals surface area contributed by atoms with Crippen LogP contribution in [0.4, 0.5) is 0 Å². The van der Waals surface area contributed by atoms with Crippen LogP contribution in [0.5, 0.6) is 23.0 Å². The second-order valence-electron chi connectivity index (χ2n) is 6.43. The number of nitrogens with one attached hydrogen (secondary N) is 1. The largest absolute Gasteiger partial charge is 0.496 e. The van der Waals surface area contributed by atoms with Crippen molar-refractivity contribution in [2.45, 2.75) is 12.6 Å². The maximum atomic E-state index is 5.67. The molecule has 1 saturated heterocycles. The zero-order valence-electron chi connectivity index (χ0n) is 16.5. The van der Waals surface area contributed by atoms with E-state index in [0.717, 1.165) is 37.5 Å². The molecule has 6 nitrogen and oxygen atoms in total. The molecule has 1 fully saturated rings. The Morgan fingerprint density at radius 3 is 2.33 bits per heavy atom. The van der Waals surface area contributed by atoms with Gasteiger partial charge in [-0.3, -0.25) is 4.90 Å². The van der Waals surface area contributed by atoms with Gasteiger partial charge in [-0.05, 0) is 12.1 Å². The quantitative estimate of drug-likeness (QED) is 0.807. The van der Waals surface area contributed by atoms with E-state index >= 15 is 0 Å². The summed E-state index contributed by atoms with van der Waals surface area (Å²) in [7, 11) is 6.64. The molecule has 0 radical (unpaired) electrons. The van der Waals surface area contributed by atoms with Crippen molar-refractivity contribution in [2.75, 3.05) is 48.1 Å². The van der Waals surface area contributed by atoms with Gasteiger partial charge in [0.05, 0.1) is 34.5 Å². The third-order valence-electron chi connectivity index (χ3n) is 5.01. The molecular formula is C21H28N2O4. The van der Waals surface area contributed by atoms with E-state index in [1.165, 1.54) is 5.56 Å². The molecule has 1 heterocycles. The summed E-state index contributed by atoms with van der Waals surface area (Å²) in [6.07, 6.45) is 0. The molecule has 1 aliphatic heterocycles. The van der Waals surface area contributed by atoms with Gasteiger partial charge < -0.3 is 24.3 Å². The highest BCUT2D eigenvalue weighted by Crippen LogP contribution is 2.41. The lowest BCUT2D eigenvalue weighted by atomic mass is 10.0. The highest BCUT2D eigenvalue weighted by molar-refractivity contribution is 5.55. The summed E-state index contributed by atoms with van der Waals surface area (Å²) >= 11 is 0. The van der Waals surface area contributed by atoms with Crippen molar-refractivity contribution in [1.82, 2.24) is 10.2 Å². The summed E-state index contributed by atoms with van der Waals surface area (Å²) in [5, 5.41) is 3.50. The Balaban J connectivity index is 1.93. The normalized spacial score (nSPS) is 17.4. The lowest BCUT2D eigenvalue weighted by Crippen LogP contribution is -2.45. The van der Waals surface area contributed by atoms with Crippen molar-refractivity contribution in [3.63, 3.8) is 0 Å². The number of nitrogens with zero attached hydrogens (tertiary/aromatic N) is 1. The Hall–Kier alpha value is -2.44. The second-order valence-corrected chi connectivity index (χ2v) is 6.43. The van der Waals surface area contributed by atoms with E-state index in [2.05, 4.69) is 22.3 Å². The molecular weight excluding hydrogens is 344 g/mol. The monoisotopic (exact) mass is 372 g/mol. The molecule has 0 aliphatic carbocycles. The standard InChI is InChI=1S/C21H28N2O4/c1-24-18-8-6-5-7-16(18)17-13-22-11-12-23(17)14-15-9-10-19(25-2)21(27-4)20(15)26-3/h5-10,17,22H,11-14H2,1-4H3. The first-order valence-corrected chi connectivity index (χ1v) is 9.09. The number of hydrogen-bond donors (Lipinski definition) is 1. The molecule has 3 rings (SSSR count). The maximum Gasteiger partial charge on any atom is 0.203 e. The van der Waals surface area contributed by atoms with Crippen LogP contribution in [-0.2, 0) is 6.54 Å². The van der Waals surface area contributed by atoms with Gasteiger partial charge in [-0.15, -0.1) is 0 Å². The Kier molecular flexibility index (Phi) is 6.42. The van der Waals surface area contributed by atoms with E-state index in [4.69, 9.17) is 18.9 Å². The number of ether oxygens (including phenoxy) is 4. The van der Waals surface area contributed by atoms with Crippen LogP contribution in [0.1, 0.15) is 17.2 Å². The molecule has 0 spiro atoms. The van der Waals surface area contributed by atoms with Crippen molar-refractivity contribution in [1.29, 1.82) is 0 Å². The predicted octanol–water partition coefficient (Wildman–Crippen LogP) is 2.87. The molecule has 0 bridgehead atoms. The number of para-hydroxylation sites is 1. The minimum absolute atomic E-state index is 0.215. The minimum Gasteiger partial charge on any atom is -0.496 e. The first-order valence-electron chi connectivity index (χ1n) is 9.09. The third-order valence-corrected chi connectivity index (χ3v) is 5.01. The summed E-state index contributed by atoms with van der Waals surface area (Å²) in [5.41, 5.74) is 2.25. The van der Waals surface area contributed by atoms with Gasteiger partial charge in [0.25, 0.3) is 0 Å². The highest BCUT2D eigenvalue weighted by Gasteiger charge is 2.28. The number of piperazine rings is 1. The van der Waals surface area contributed by atoms with Gasteiger partial charge in [0.1, 0.15) is 5.75 Å². The molecule has 0 amide bonds. The summed E-state index contributed by atoms with van der Waals surface area (Å²) in [6.45, 7) is 3.49. The van der Waals surface area contributed by atoms with Gasteiger partial charge >= 0.3 is 0 Å². The van der Waals surface area contributed by atoms with Gasteiger partial charge in [-0.2, -0.15) is 0 Å². The summed E-state index contributed by atoms with van der Waals surface area (Å²) in [6, 6.07) is 12.4. The average Bonchev–Trinajstić information content (AvgIpc) is 2.73. The van der Waals surface area contributed by atoms with Gasteiger partial charge in [0.2, 0.25) is 5.75 Å². The highest BCUT2D eigenvalue weighted by atomic mass is 16.5. The van der Waals surface area contributed by atoms with Crippen molar-refractivity contribution < 1.29 is 18.9 Å². The van der Waals surface area contributed by atoms with E-state index in [9.17, 15) is 0 Å². The fourth-order valence-electron chi connectivity index (χ4n) is 3.69. The Bertz CT molecular complexity index is 766. The topological polar surface area (TPSA) is 52.2 Å². The molecule has 1 aliphatic rings. The van der Waals surface area contributed by atoms with E-state index in [1.807, 2.05) is 24.3 Å². The van der Waals surface area contributed by atoms with Gasteiger partial charge in [-0.25, -0.2) is 0 Å². The van der Waals surface area contributed by atoms with Crippen LogP contribution in [0.2, 0.25) is 0 Å². The van der Waals surface area contributed by atoms with E-state index < -0.39 is 0 Å².